The van der Waals surface area contributed by atoms with Crippen molar-refractivity contribution < 1.29 is 0 Å². The average molecular weight is 265 g/mol. The number of thiophene rings is 1. The van der Waals surface area contributed by atoms with Gasteiger partial charge in [-0.25, -0.2) is 0 Å². The van der Waals surface area contributed by atoms with Gasteiger partial charge in [-0.05, 0) is 57.1 Å². The highest BCUT2D eigenvalue weighted by Gasteiger charge is 2.20. The normalized spacial score (nSPS) is 24.4. The molecule has 102 valence electrons. The van der Waals surface area contributed by atoms with E-state index in [0.717, 1.165) is 18.5 Å². The average Bonchev–Trinajstić information content (AvgIpc) is 2.68. The van der Waals surface area contributed by atoms with Crippen LogP contribution in [0.25, 0.3) is 0 Å². The summed E-state index contributed by atoms with van der Waals surface area (Å²) in [5.41, 5.74) is 1.45. The third kappa shape index (κ3) is 3.83. The fourth-order valence-electron chi connectivity index (χ4n) is 3.05. The summed E-state index contributed by atoms with van der Waals surface area (Å²) in [4.78, 5) is 2.97. The van der Waals surface area contributed by atoms with Crippen molar-refractivity contribution in [1.82, 2.24) is 5.32 Å². The Hall–Kier alpha value is -0.340. The Morgan fingerprint density at radius 3 is 2.50 bits per heavy atom. The van der Waals surface area contributed by atoms with Crippen LogP contribution in [0.5, 0.6) is 0 Å². The fourth-order valence-corrected chi connectivity index (χ4v) is 4.05. The molecule has 18 heavy (non-hydrogen) atoms. The zero-order valence-electron chi connectivity index (χ0n) is 12.1. The number of hydrogen-bond donors (Lipinski definition) is 1. The van der Waals surface area contributed by atoms with Crippen LogP contribution < -0.4 is 5.32 Å². The second-order valence-corrected chi connectivity index (χ2v) is 7.18. The molecule has 1 aliphatic carbocycles. The fraction of sp³-hybridized carbons (Fsp3) is 0.750. The first-order valence-corrected chi connectivity index (χ1v) is 8.30. The summed E-state index contributed by atoms with van der Waals surface area (Å²) in [6.45, 7) is 7.82. The summed E-state index contributed by atoms with van der Waals surface area (Å²) in [5, 5.41) is 3.75. The molecular formula is C16H27NS. The molecule has 1 aromatic rings. The Kier molecular flexibility index (Phi) is 5.25. The zero-order valence-corrected chi connectivity index (χ0v) is 12.9. The molecule has 2 rings (SSSR count). The monoisotopic (exact) mass is 265 g/mol. The van der Waals surface area contributed by atoms with E-state index in [-0.39, 0.29) is 0 Å². The van der Waals surface area contributed by atoms with Crippen LogP contribution >= 0.6 is 11.3 Å². The zero-order chi connectivity index (χ0) is 13.0. The molecule has 0 amide bonds. The summed E-state index contributed by atoms with van der Waals surface area (Å²) in [5.74, 6) is 1.01. The van der Waals surface area contributed by atoms with Gasteiger partial charge in [-0.3, -0.25) is 0 Å². The van der Waals surface area contributed by atoms with Gasteiger partial charge in [0.15, 0.2) is 0 Å². The SMILES string of the molecule is CCCC1CCC(NCc2cc(C)c(C)s2)CC1. The maximum Gasteiger partial charge on any atom is 0.0302 e. The van der Waals surface area contributed by atoms with Gasteiger partial charge in [-0.15, -0.1) is 11.3 Å². The minimum Gasteiger partial charge on any atom is -0.309 e. The molecule has 1 nitrogen and oxygen atoms in total. The number of nitrogens with one attached hydrogen (secondary N) is 1. The predicted octanol–water partition coefficient (Wildman–Crippen LogP) is 4.81. The van der Waals surface area contributed by atoms with E-state index in [1.54, 1.807) is 0 Å². The second kappa shape index (κ2) is 6.72. The van der Waals surface area contributed by atoms with Gasteiger partial charge in [0, 0.05) is 22.3 Å². The molecule has 0 aromatic carbocycles. The molecule has 1 aliphatic rings. The van der Waals surface area contributed by atoms with Crippen LogP contribution in [0.1, 0.15) is 60.8 Å². The van der Waals surface area contributed by atoms with Crippen molar-refractivity contribution >= 4 is 11.3 Å². The largest absolute Gasteiger partial charge is 0.309 e. The molecule has 0 atom stereocenters. The Labute approximate surface area is 116 Å². The van der Waals surface area contributed by atoms with Gasteiger partial charge in [-0.2, -0.15) is 0 Å². The number of rotatable bonds is 5. The first-order valence-electron chi connectivity index (χ1n) is 7.48. The first kappa shape index (κ1) is 14.1. The topological polar surface area (TPSA) is 12.0 Å². The highest BCUT2D eigenvalue weighted by atomic mass is 32.1. The Morgan fingerprint density at radius 2 is 1.94 bits per heavy atom. The van der Waals surface area contributed by atoms with Gasteiger partial charge >= 0.3 is 0 Å². The van der Waals surface area contributed by atoms with E-state index in [4.69, 9.17) is 0 Å². The van der Waals surface area contributed by atoms with Gasteiger partial charge in [0.2, 0.25) is 0 Å². The van der Waals surface area contributed by atoms with E-state index < -0.39 is 0 Å². The van der Waals surface area contributed by atoms with Crippen LogP contribution in [-0.4, -0.2) is 6.04 Å². The first-order chi connectivity index (χ1) is 8.69. The van der Waals surface area contributed by atoms with Gasteiger partial charge in [0.05, 0.1) is 0 Å². The Morgan fingerprint density at radius 1 is 1.22 bits per heavy atom. The summed E-state index contributed by atoms with van der Waals surface area (Å²) in [7, 11) is 0. The molecule has 1 N–H and O–H groups in total. The molecule has 0 spiro atoms. The Bertz CT molecular complexity index is 342. The van der Waals surface area contributed by atoms with E-state index in [9.17, 15) is 0 Å². The molecular weight excluding hydrogens is 238 g/mol. The molecule has 1 fully saturated rings. The van der Waals surface area contributed by atoms with Crippen molar-refractivity contribution in [2.75, 3.05) is 0 Å². The minimum absolute atomic E-state index is 0.765. The van der Waals surface area contributed by atoms with Crippen molar-refractivity contribution in [2.24, 2.45) is 5.92 Å². The van der Waals surface area contributed by atoms with Gasteiger partial charge in [0.25, 0.3) is 0 Å². The van der Waals surface area contributed by atoms with E-state index in [2.05, 4.69) is 32.2 Å². The molecule has 1 heterocycles. The van der Waals surface area contributed by atoms with Crippen molar-refractivity contribution in [3.63, 3.8) is 0 Å². The van der Waals surface area contributed by atoms with Crippen molar-refractivity contribution in [2.45, 2.75) is 71.9 Å². The van der Waals surface area contributed by atoms with Crippen LogP contribution in [0.3, 0.4) is 0 Å². The molecule has 0 aliphatic heterocycles. The van der Waals surface area contributed by atoms with E-state index in [0.29, 0.717) is 0 Å². The molecule has 1 saturated carbocycles. The maximum absolute atomic E-state index is 3.75. The minimum atomic E-state index is 0.765. The second-order valence-electron chi connectivity index (χ2n) is 5.84. The lowest BCUT2D eigenvalue weighted by molar-refractivity contribution is 0.278. The van der Waals surface area contributed by atoms with Crippen LogP contribution in [0.15, 0.2) is 6.07 Å². The predicted molar refractivity (Wildman–Crippen MR) is 81.3 cm³/mol. The van der Waals surface area contributed by atoms with Crippen molar-refractivity contribution in [3.8, 4) is 0 Å². The lowest BCUT2D eigenvalue weighted by atomic mass is 9.83. The van der Waals surface area contributed by atoms with Gasteiger partial charge in [0.1, 0.15) is 0 Å². The Balaban J connectivity index is 1.72. The molecule has 0 unspecified atom stereocenters. The third-order valence-electron chi connectivity index (χ3n) is 4.33. The number of hydrogen-bond acceptors (Lipinski definition) is 2. The van der Waals surface area contributed by atoms with Crippen molar-refractivity contribution in [1.29, 1.82) is 0 Å². The lowest BCUT2D eigenvalue weighted by Gasteiger charge is -2.28. The maximum atomic E-state index is 3.75. The van der Waals surface area contributed by atoms with E-state index in [1.165, 1.54) is 53.8 Å². The molecule has 0 radical (unpaired) electrons. The van der Waals surface area contributed by atoms with Gasteiger partial charge in [-0.1, -0.05) is 19.8 Å². The van der Waals surface area contributed by atoms with Crippen LogP contribution in [-0.2, 0) is 6.54 Å². The number of aryl methyl sites for hydroxylation is 2. The summed E-state index contributed by atoms with van der Waals surface area (Å²) >= 11 is 1.95. The molecule has 1 aromatic heterocycles. The highest BCUT2D eigenvalue weighted by Crippen LogP contribution is 2.28. The van der Waals surface area contributed by atoms with E-state index in [1.807, 2.05) is 11.3 Å². The standard InChI is InChI=1S/C16H27NS/c1-4-5-14-6-8-15(9-7-14)17-11-16-10-12(2)13(3)18-16/h10,14-15,17H,4-9,11H2,1-3H3. The smallest absolute Gasteiger partial charge is 0.0302 e. The third-order valence-corrected chi connectivity index (χ3v) is 5.48. The van der Waals surface area contributed by atoms with Crippen LogP contribution in [0.4, 0.5) is 0 Å². The lowest BCUT2D eigenvalue weighted by Crippen LogP contribution is -2.32. The molecule has 2 heteroatoms. The summed E-state index contributed by atoms with van der Waals surface area (Å²) in [6.07, 6.45) is 8.44. The molecule has 0 bridgehead atoms. The quantitative estimate of drug-likeness (QED) is 0.805. The molecule has 0 saturated heterocycles. The van der Waals surface area contributed by atoms with E-state index >= 15 is 0 Å². The van der Waals surface area contributed by atoms with Crippen LogP contribution in [0.2, 0.25) is 0 Å². The highest BCUT2D eigenvalue weighted by molar-refractivity contribution is 7.12. The van der Waals surface area contributed by atoms with Gasteiger partial charge < -0.3 is 5.32 Å². The van der Waals surface area contributed by atoms with Crippen molar-refractivity contribution in [3.05, 3.63) is 21.4 Å². The summed E-state index contributed by atoms with van der Waals surface area (Å²) < 4.78 is 0. The summed E-state index contributed by atoms with van der Waals surface area (Å²) in [6, 6.07) is 3.11. The van der Waals surface area contributed by atoms with Crippen LogP contribution in [0, 0.1) is 19.8 Å².